The van der Waals surface area contributed by atoms with E-state index in [-0.39, 0.29) is 6.54 Å². The summed E-state index contributed by atoms with van der Waals surface area (Å²) in [6.45, 7) is 1.17. The lowest BCUT2D eigenvalue weighted by Gasteiger charge is -2.14. The number of para-hydroxylation sites is 1. The van der Waals surface area contributed by atoms with Crippen molar-refractivity contribution in [1.29, 1.82) is 0 Å². The first-order chi connectivity index (χ1) is 14.4. The predicted octanol–water partition coefficient (Wildman–Crippen LogP) is 1.35. The standard InChI is InChI=1S/C21H20N4O5/c1-14(19(27)24-21(29)22-11-15-7-3-2-4-8-15)30-18(26)12-25-13-23-17-10-6-5-9-16(17)20(25)28/h2-10,13-14H,11-12H2,1H3,(H2,22,24,27,29). The van der Waals surface area contributed by atoms with Gasteiger partial charge in [0.1, 0.15) is 6.54 Å². The number of nitrogens with zero attached hydrogens (tertiary/aromatic N) is 2. The zero-order valence-electron chi connectivity index (χ0n) is 16.2. The Hall–Kier alpha value is -4.01. The minimum Gasteiger partial charge on any atom is -0.451 e. The lowest BCUT2D eigenvalue weighted by atomic mass is 10.2. The molecule has 3 amide bonds. The van der Waals surface area contributed by atoms with Crippen molar-refractivity contribution in [3.63, 3.8) is 0 Å². The van der Waals surface area contributed by atoms with Gasteiger partial charge in [0.15, 0.2) is 6.10 Å². The molecule has 0 saturated heterocycles. The van der Waals surface area contributed by atoms with E-state index in [2.05, 4.69) is 15.6 Å². The topological polar surface area (TPSA) is 119 Å². The summed E-state index contributed by atoms with van der Waals surface area (Å²) in [4.78, 5) is 52.5. The van der Waals surface area contributed by atoms with Crippen LogP contribution in [-0.4, -0.2) is 33.6 Å². The van der Waals surface area contributed by atoms with E-state index in [9.17, 15) is 19.2 Å². The van der Waals surface area contributed by atoms with Crippen LogP contribution in [0.3, 0.4) is 0 Å². The first-order valence-electron chi connectivity index (χ1n) is 9.20. The maximum Gasteiger partial charge on any atom is 0.326 e. The Balaban J connectivity index is 1.51. The van der Waals surface area contributed by atoms with Gasteiger partial charge in [-0.3, -0.25) is 24.3 Å². The summed E-state index contributed by atoms with van der Waals surface area (Å²) in [5.41, 5.74) is 0.991. The minimum atomic E-state index is -1.22. The van der Waals surface area contributed by atoms with Gasteiger partial charge in [0, 0.05) is 6.54 Å². The van der Waals surface area contributed by atoms with Crippen LogP contribution < -0.4 is 16.2 Å². The first-order valence-corrected chi connectivity index (χ1v) is 9.20. The van der Waals surface area contributed by atoms with Crippen molar-refractivity contribution in [2.24, 2.45) is 0 Å². The quantitative estimate of drug-likeness (QED) is 0.595. The molecule has 0 radical (unpaired) electrons. The molecule has 9 nitrogen and oxygen atoms in total. The number of imide groups is 1. The van der Waals surface area contributed by atoms with Crippen molar-refractivity contribution in [1.82, 2.24) is 20.2 Å². The number of urea groups is 1. The lowest BCUT2D eigenvalue weighted by molar-refractivity contribution is -0.155. The third-order valence-electron chi connectivity index (χ3n) is 4.24. The molecule has 1 unspecified atom stereocenters. The Labute approximate surface area is 171 Å². The van der Waals surface area contributed by atoms with E-state index in [1.54, 1.807) is 24.3 Å². The fraction of sp³-hybridized carbons (Fsp3) is 0.190. The van der Waals surface area contributed by atoms with E-state index >= 15 is 0 Å². The van der Waals surface area contributed by atoms with Crippen LogP contribution >= 0.6 is 0 Å². The molecule has 0 saturated carbocycles. The van der Waals surface area contributed by atoms with Crippen LogP contribution in [0.15, 0.2) is 65.7 Å². The SMILES string of the molecule is CC(OC(=O)Cn1cnc2ccccc2c1=O)C(=O)NC(=O)NCc1ccccc1. The minimum absolute atomic E-state index is 0.242. The lowest BCUT2D eigenvalue weighted by Crippen LogP contribution is -2.44. The van der Waals surface area contributed by atoms with Crippen molar-refractivity contribution < 1.29 is 19.1 Å². The van der Waals surface area contributed by atoms with Gasteiger partial charge in [0.25, 0.3) is 11.5 Å². The number of hydrogen-bond acceptors (Lipinski definition) is 6. The van der Waals surface area contributed by atoms with Gasteiger partial charge in [0.05, 0.1) is 17.2 Å². The third-order valence-corrected chi connectivity index (χ3v) is 4.24. The van der Waals surface area contributed by atoms with Crippen molar-refractivity contribution in [3.05, 3.63) is 76.8 Å². The molecule has 1 atom stereocenters. The number of carbonyl (C=O) groups excluding carboxylic acids is 3. The monoisotopic (exact) mass is 408 g/mol. The molecule has 2 aromatic carbocycles. The molecular weight excluding hydrogens is 388 g/mol. The van der Waals surface area contributed by atoms with E-state index in [0.29, 0.717) is 10.9 Å². The molecule has 3 rings (SSSR count). The van der Waals surface area contributed by atoms with Crippen LogP contribution in [0.5, 0.6) is 0 Å². The molecule has 30 heavy (non-hydrogen) atoms. The Morgan fingerprint density at radius 1 is 1.07 bits per heavy atom. The van der Waals surface area contributed by atoms with Gasteiger partial charge in [-0.1, -0.05) is 42.5 Å². The zero-order valence-corrected chi connectivity index (χ0v) is 16.2. The summed E-state index contributed by atoms with van der Waals surface area (Å²) in [6, 6.07) is 15.2. The van der Waals surface area contributed by atoms with Crippen LogP contribution in [0.1, 0.15) is 12.5 Å². The third kappa shape index (κ3) is 5.28. The number of rotatable bonds is 6. The Kier molecular flexibility index (Phi) is 6.53. The molecule has 0 bridgehead atoms. The highest BCUT2D eigenvalue weighted by atomic mass is 16.5. The highest BCUT2D eigenvalue weighted by molar-refractivity contribution is 5.97. The van der Waals surface area contributed by atoms with Gasteiger partial charge in [0.2, 0.25) is 0 Å². The van der Waals surface area contributed by atoms with Crippen molar-refractivity contribution in [3.8, 4) is 0 Å². The summed E-state index contributed by atoms with van der Waals surface area (Å²) < 4.78 is 6.13. The van der Waals surface area contributed by atoms with Crippen LogP contribution in [0.25, 0.3) is 10.9 Å². The number of fused-ring (bicyclic) bond motifs is 1. The average molecular weight is 408 g/mol. The molecule has 0 aliphatic heterocycles. The number of carbonyl (C=O) groups is 3. The molecular formula is C21H20N4O5. The number of esters is 1. The molecule has 3 aromatic rings. The van der Waals surface area contributed by atoms with E-state index < -0.39 is 36.1 Å². The maximum atomic E-state index is 12.4. The van der Waals surface area contributed by atoms with E-state index in [1.807, 2.05) is 30.3 Å². The predicted molar refractivity (Wildman–Crippen MR) is 108 cm³/mol. The van der Waals surface area contributed by atoms with Crippen LogP contribution in [0.2, 0.25) is 0 Å². The Morgan fingerprint density at radius 2 is 1.77 bits per heavy atom. The molecule has 154 valence electrons. The second kappa shape index (κ2) is 9.46. The van der Waals surface area contributed by atoms with Gasteiger partial charge < -0.3 is 10.1 Å². The van der Waals surface area contributed by atoms with E-state index in [1.165, 1.54) is 13.3 Å². The first kappa shape index (κ1) is 20.7. The van der Waals surface area contributed by atoms with Crippen LogP contribution in [0.4, 0.5) is 4.79 Å². The molecule has 2 N–H and O–H groups in total. The smallest absolute Gasteiger partial charge is 0.326 e. The number of benzene rings is 2. The molecule has 0 aliphatic carbocycles. The van der Waals surface area contributed by atoms with Gasteiger partial charge in [-0.25, -0.2) is 9.78 Å². The van der Waals surface area contributed by atoms with Gasteiger partial charge in [-0.2, -0.15) is 0 Å². The summed E-state index contributed by atoms with van der Waals surface area (Å²) in [7, 11) is 0. The highest BCUT2D eigenvalue weighted by Gasteiger charge is 2.20. The van der Waals surface area contributed by atoms with Crippen molar-refractivity contribution in [2.45, 2.75) is 26.1 Å². The van der Waals surface area contributed by atoms with Gasteiger partial charge in [-0.15, -0.1) is 0 Å². The fourth-order valence-corrected chi connectivity index (χ4v) is 2.68. The molecule has 0 fully saturated rings. The summed E-state index contributed by atoms with van der Waals surface area (Å²) in [5.74, 6) is -1.58. The normalized spacial score (nSPS) is 11.5. The van der Waals surface area contributed by atoms with E-state index in [0.717, 1.165) is 10.1 Å². The van der Waals surface area contributed by atoms with Gasteiger partial charge >= 0.3 is 12.0 Å². The molecule has 1 heterocycles. The number of ether oxygens (including phenoxy) is 1. The summed E-state index contributed by atoms with van der Waals surface area (Å²) in [6.07, 6.45) is 0.0253. The molecule has 0 spiro atoms. The van der Waals surface area contributed by atoms with Crippen LogP contribution in [-0.2, 0) is 27.4 Å². The number of hydrogen-bond donors (Lipinski definition) is 2. The highest BCUT2D eigenvalue weighted by Crippen LogP contribution is 2.05. The summed E-state index contributed by atoms with van der Waals surface area (Å²) in [5, 5.41) is 5.01. The number of aromatic nitrogens is 2. The zero-order chi connectivity index (χ0) is 21.5. The second-order valence-electron chi connectivity index (χ2n) is 6.48. The molecule has 0 aliphatic rings. The number of amides is 3. The van der Waals surface area contributed by atoms with E-state index in [4.69, 9.17) is 4.74 Å². The second-order valence-corrected chi connectivity index (χ2v) is 6.48. The summed E-state index contributed by atoms with van der Waals surface area (Å²) >= 11 is 0. The fourth-order valence-electron chi connectivity index (χ4n) is 2.68. The number of nitrogens with one attached hydrogen (secondary N) is 2. The Morgan fingerprint density at radius 3 is 2.53 bits per heavy atom. The van der Waals surface area contributed by atoms with Crippen molar-refractivity contribution in [2.75, 3.05) is 0 Å². The van der Waals surface area contributed by atoms with Crippen molar-refractivity contribution >= 4 is 28.8 Å². The molecule has 9 heteroatoms. The van der Waals surface area contributed by atoms with Crippen LogP contribution in [0, 0.1) is 0 Å². The largest absolute Gasteiger partial charge is 0.451 e. The average Bonchev–Trinajstić information content (AvgIpc) is 2.75. The Bertz CT molecular complexity index is 1130. The van der Waals surface area contributed by atoms with Gasteiger partial charge in [-0.05, 0) is 24.6 Å². The maximum absolute atomic E-state index is 12.4. The molecule has 1 aromatic heterocycles.